The molecule has 1 saturated heterocycles. The number of nitrogens with zero attached hydrogens (tertiary/aromatic N) is 2. The van der Waals surface area contributed by atoms with E-state index in [4.69, 9.17) is 15.7 Å². The molecule has 2 aliphatic rings. The van der Waals surface area contributed by atoms with Crippen molar-refractivity contribution in [1.82, 2.24) is 4.90 Å². The Bertz CT molecular complexity index is 358. The lowest BCUT2D eigenvalue weighted by Crippen LogP contribution is -2.54. The predicted molar refractivity (Wildman–Crippen MR) is 70.9 cm³/mol. The summed E-state index contributed by atoms with van der Waals surface area (Å²) < 4.78 is 5.33. The number of hydrogen-bond acceptors (Lipinski definition) is 4. The predicted octanol–water partition coefficient (Wildman–Crippen LogP) is 0.931. The van der Waals surface area contributed by atoms with Crippen LogP contribution in [0.3, 0.4) is 0 Å². The Labute approximate surface area is 113 Å². The Morgan fingerprint density at radius 1 is 1.42 bits per heavy atom. The number of hydrogen-bond donors (Lipinski definition) is 2. The van der Waals surface area contributed by atoms with E-state index in [0.29, 0.717) is 26.1 Å². The van der Waals surface area contributed by atoms with Gasteiger partial charge in [-0.2, -0.15) is 0 Å². The first kappa shape index (κ1) is 14.1. The first-order chi connectivity index (χ1) is 9.12. The summed E-state index contributed by atoms with van der Waals surface area (Å²) in [6, 6.07) is 0.109. The molecule has 1 atom stereocenters. The van der Waals surface area contributed by atoms with E-state index in [1.54, 1.807) is 11.9 Å². The van der Waals surface area contributed by atoms with E-state index in [0.717, 1.165) is 25.7 Å². The highest BCUT2D eigenvalue weighted by Crippen LogP contribution is 2.38. The summed E-state index contributed by atoms with van der Waals surface area (Å²) in [5, 5.41) is 12.1. The van der Waals surface area contributed by atoms with Crippen LogP contribution < -0.4 is 5.73 Å². The Hall–Kier alpha value is -1.30. The van der Waals surface area contributed by atoms with E-state index < -0.39 is 5.41 Å². The molecular weight excluding hydrogens is 246 g/mol. The smallest absolute Gasteiger partial charge is 0.236 e. The van der Waals surface area contributed by atoms with E-state index >= 15 is 0 Å². The van der Waals surface area contributed by atoms with Crippen LogP contribution in [0.1, 0.15) is 38.5 Å². The van der Waals surface area contributed by atoms with Crippen LogP contribution in [0, 0.1) is 5.41 Å². The maximum atomic E-state index is 12.8. The molecule has 6 heteroatoms. The number of amidine groups is 1. The summed E-state index contributed by atoms with van der Waals surface area (Å²) in [6.45, 7) is 1.27. The normalized spacial score (nSPS) is 27.2. The molecule has 1 unspecified atom stereocenters. The summed E-state index contributed by atoms with van der Waals surface area (Å²) in [4.78, 5) is 14.5. The van der Waals surface area contributed by atoms with E-state index in [1.807, 2.05) is 0 Å². The Kier molecular flexibility index (Phi) is 4.29. The molecule has 1 amide bonds. The zero-order valence-corrected chi connectivity index (χ0v) is 11.5. The third-order valence-corrected chi connectivity index (χ3v) is 4.49. The van der Waals surface area contributed by atoms with Gasteiger partial charge in [-0.15, -0.1) is 0 Å². The van der Waals surface area contributed by atoms with Gasteiger partial charge in [0.15, 0.2) is 5.84 Å². The van der Waals surface area contributed by atoms with Gasteiger partial charge < -0.3 is 20.6 Å². The molecule has 6 nitrogen and oxygen atoms in total. The summed E-state index contributed by atoms with van der Waals surface area (Å²) >= 11 is 0. The molecule has 2 fully saturated rings. The number of oxime groups is 1. The van der Waals surface area contributed by atoms with Gasteiger partial charge in [0.25, 0.3) is 0 Å². The molecule has 0 radical (unpaired) electrons. The topological polar surface area (TPSA) is 88.2 Å². The van der Waals surface area contributed by atoms with Crippen LogP contribution >= 0.6 is 0 Å². The lowest BCUT2D eigenvalue weighted by atomic mass is 9.72. The Balaban J connectivity index is 2.19. The van der Waals surface area contributed by atoms with Crippen molar-refractivity contribution < 1.29 is 14.7 Å². The van der Waals surface area contributed by atoms with E-state index in [1.165, 1.54) is 0 Å². The van der Waals surface area contributed by atoms with Crippen LogP contribution in [0.2, 0.25) is 0 Å². The van der Waals surface area contributed by atoms with Crippen molar-refractivity contribution in [2.45, 2.75) is 44.6 Å². The van der Waals surface area contributed by atoms with Crippen molar-refractivity contribution >= 4 is 11.7 Å². The highest BCUT2D eigenvalue weighted by Gasteiger charge is 2.46. The number of likely N-dealkylation sites (N-methyl/N-ethyl adjacent to an activating group) is 1. The lowest BCUT2D eigenvalue weighted by Gasteiger charge is -2.39. The maximum absolute atomic E-state index is 12.8. The molecule has 0 aromatic carbocycles. The summed E-state index contributed by atoms with van der Waals surface area (Å²) in [7, 11) is 1.79. The molecule has 19 heavy (non-hydrogen) atoms. The Morgan fingerprint density at radius 2 is 2.11 bits per heavy atom. The van der Waals surface area contributed by atoms with Crippen LogP contribution in [-0.4, -0.2) is 48.2 Å². The molecule has 1 saturated carbocycles. The second kappa shape index (κ2) is 5.77. The second-order valence-electron chi connectivity index (χ2n) is 5.56. The third-order valence-electron chi connectivity index (χ3n) is 4.49. The molecule has 0 bridgehead atoms. The number of rotatable bonds is 3. The first-order valence-corrected chi connectivity index (χ1v) is 6.95. The highest BCUT2D eigenvalue weighted by atomic mass is 16.5. The minimum Gasteiger partial charge on any atom is -0.409 e. The molecule has 1 aliphatic heterocycles. The van der Waals surface area contributed by atoms with E-state index in [2.05, 4.69) is 5.16 Å². The average molecular weight is 269 g/mol. The van der Waals surface area contributed by atoms with Gasteiger partial charge in [-0.1, -0.05) is 24.4 Å². The van der Waals surface area contributed by atoms with Crippen molar-refractivity contribution in [3.8, 4) is 0 Å². The van der Waals surface area contributed by atoms with Gasteiger partial charge in [0, 0.05) is 13.7 Å². The molecule has 0 aromatic heterocycles. The molecule has 3 N–H and O–H groups in total. The molecular formula is C13H23N3O3. The molecule has 2 rings (SSSR count). The molecule has 0 aromatic rings. The monoisotopic (exact) mass is 269 g/mol. The third kappa shape index (κ3) is 2.54. The minimum absolute atomic E-state index is 0.0296. The molecule has 108 valence electrons. The van der Waals surface area contributed by atoms with Gasteiger partial charge in [-0.25, -0.2) is 0 Å². The fourth-order valence-corrected chi connectivity index (χ4v) is 3.16. The summed E-state index contributed by atoms with van der Waals surface area (Å²) in [5.41, 5.74) is 5.03. The number of ether oxygens (including phenoxy) is 1. The van der Waals surface area contributed by atoms with Crippen LogP contribution in [-0.2, 0) is 9.53 Å². The lowest BCUT2D eigenvalue weighted by molar-refractivity contribution is -0.140. The number of nitrogens with two attached hydrogens (primary N) is 1. The fraction of sp³-hybridized carbons (Fsp3) is 0.846. The molecule has 0 spiro atoms. The van der Waals surface area contributed by atoms with E-state index in [-0.39, 0.29) is 17.8 Å². The molecule has 1 aliphatic carbocycles. The SMILES string of the molecule is CN(C(=O)C1(C(N)=NO)CCCCC1)C1CCOC1. The van der Waals surface area contributed by atoms with Gasteiger partial charge in [0.1, 0.15) is 5.41 Å². The van der Waals surface area contributed by atoms with E-state index in [9.17, 15) is 4.79 Å². The van der Waals surface area contributed by atoms with Crippen LogP contribution in [0.15, 0.2) is 5.16 Å². The number of carbonyl (C=O) groups is 1. The Morgan fingerprint density at radius 3 is 2.63 bits per heavy atom. The van der Waals surface area contributed by atoms with Crippen molar-refractivity contribution in [2.24, 2.45) is 16.3 Å². The zero-order valence-electron chi connectivity index (χ0n) is 11.5. The van der Waals surface area contributed by atoms with Crippen molar-refractivity contribution in [3.63, 3.8) is 0 Å². The van der Waals surface area contributed by atoms with Gasteiger partial charge in [0.05, 0.1) is 12.6 Å². The van der Waals surface area contributed by atoms with Crippen LogP contribution in [0.25, 0.3) is 0 Å². The van der Waals surface area contributed by atoms with Gasteiger partial charge in [0.2, 0.25) is 5.91 Å². The van der Waals surface area contributed by atoms with Gasteiger partial charge in [-0.3, -0.25) is 4.79 Å². The summed E-state index contributed by atoms with van der Waals surface area (Å²) in [5.74, 6) is 0.0287. The van der Waals surface area contributed by atoms with Crippen molar-refractivity contribution in [1.29, 1.82) is 0 Å². The van der Waals surface area contributed by atoms with Gasteiger partial charge in [-0.05, 0) is 19.3 Å². The van der Waals surface area contributed by atoms with Crippen LogP contribution in [0.4, 0.5) is 0 Å². The maximum Gasteiger partial charge on any atom is 0.236 e. The average Bonchev–Trinajstić information content (AvgIpc) is 2.99. The second-order valence-corrected chi connectivity index (χ2v) is 5.56. The largest absolute Gasteiger partial charge is 0.409 e. The first-order valence-electron chi connectivity index (χ1n) is 6.95. The van der Waals surface area contributed by atoms with Crippen LogP contribution in [0.5, 0.6) is 0 Å². The number of amides is 1. The fourth-order valence-electron chi connectivity index (χ4n) is 3.16. The number of carbonyl (C=O) groups excluding carboxylic acids is 1. The van der Waals surface area contributed by atoms with Crippen molar-refractivity contribution in [3.05, 3.63) is 0 Å². The quantitative estimate of drug-likeness (QED) is 0.345. The minimum atomic E-state index is -0.815. The highest BCUT2D eigenvalue weighted by molar-refractivity contribution is 6.06. The standard InChI is InChI=1S/C13H23N3O3/c1-16(10-5-8-19-9-10)12(17)13(11(14)15-18)6-3-2-4-7-13/h10,18H,2-9H2,1H3,(H2,14,15). The molecule has 1 heterocycles. The zero-order chi connectivity index (χ0) is 13.9. The van der Waals surface area contributed by atoms with Crippen molar-refractivity contribution in [2.75, 3.05) is 20.3 Å². The van der Waals surface area contributed by atoms with Gasteiger partial charge >= 0.3 is 0 Å². The summed E-state index contributed by atoms with van der Waals surface area (Å²) in [6.07, 6.45) is 5.17.